The van der Waals surface area contributed by atoms with Crippen LogP contribution in [-0.4, -0.2) is 41.0 Å². The second kappa shape index (κ2) is 3.93. The second-order valence-electron chi connectivity index (χ2n) is 2.70. The molecule has 0 saturated carbocycles. The van der Waals surface area contributed by atoms with Gasteiger partial charge in [0, 0.05) is 6.54 Å². The molecule has 0 aromatic heterocycles. The van der Waals surface area contributed by atoms with Gasteiger partial charge in [-0.2, -0.15) is 0 Å². The zero-order valence-corrected chi connectivity index (χ0v) is 7.05. The van der Waals surface area contributed by atoms with Gasteiger partial charge in [0.1, 0.15) is 5.88 Å². The Balaban J connectivity index is 2.49. The lowest BCUT2D eigenvalue weighted by molar-refractivity contribution is -0.129. The average molecular weight is 178 g/mol. The first-order valence-corrected chi connectivity index (χ1v) is 4.29. The Hall–Kier alpha value is -0.280. The molecule has 0 bridgehead atoms. The molecule has 1 aliphatic rings. The van der Waals surface area contributed by atoms with Crippen LogP contribution in [0, 0.1) is 0 Å². The second-order valence-corrected chi connectivity index (χ2v) is 2.97. The van der Waals surface area contributed by atoms with Crippen LogP contribution in [0.5, 0.6) is 0 Å². The first-order valence-electron chi connectivity index (χ1n) is 3.76. The lowest BCUT2D eigenvalue weighted by Crippen LogP contribution is -2.38. The molecule has 1 atom stereocenters. The minimum absolute atomic E-state index is 0.0150. The SMILES string of the molecule is O=C(CCl)N1CCC[C@H]1CO. The van der Waals surface area contributed by atoms with Crippen LogP contribution in [0.2, 0.25) is 0 Å². The Bertz CT molecular complexity index is 151. The van der Waals surface area contributed by atoms with Crippen molar-refractivity contribution >= 4 is 17.5 Å². The fraction of sp³-hybridized carbons (Fsp3) is 0.857. The van der Waals surface area contributed by atoms with Crippen LogP contribution in [0.3, 0.4) is 0 Å². The predicted molar refractivity (Wildman–Crippen MR) is 42.5 cm³/mol. The number of alkyl halides is 1. The summed E-state index contributed by atoms with van der Waals surface area (Å²) in [5.41, 5.74) is 0. The lowest BCUT2D eigenvalue weighted by Gasteiger charge is -2.21. The maximum Gasteiger partial charge on any atom is 0.237 e. The third-order valence-electron chi connectivity index (χ3n) is 2.02. The van der Waals surface area contributed by atoms with Gasteiger partial charge in [-0.3, -0.25) is 4.79 Å². The van der Waals surface area contributed by atoms with Gasteiger partial charge in [0.25, 0.3) is 0 Å². The highest BCUT2D eigenvalue weighted by Crippen LogP contribution is 2.16. The number of hydrogen-bond donors (Lipinski definition) is 1. The van der Waals surface area contributed by atoms with E-state index >= 15 is 0 Å². The van der Waals surface area contributed by atoms with E-state index in [4.69, 9.17) is 16.7 Å². The first kappa shape index (κ1) is 8.81. The molecular formula is C7H12ClNO2. The quantitative estimate of drug-likeness (QED) is 0.613. The minimum atomic E-state index is -0.0665. The fourth-order valence-electron chi connectivity index (χ4n) is 1.43. The third-order valence-corrected chi connectivity index (χ3v) is 2.25. The Kier molecular flexibility index (Phi) is 3.15. The van der Waals surface area contributed by atoms with Crippen molar-refractivity contribution < 1.29 is 9.90 Å². The molecule has 1 rings (SSSR count). The number of aliphatic hydroxyl groups excluding tert-OH is 1. The van der Waals surface area contributed by atoms with E-state index in [1.54, 1.807) is 4.90 Å². The zero-order chi connectivity index (χ0) is 8.27. The van der Waals surface area contributed by atoms with Gasteiger partial charge < -0.3 is 10.0 Å². The molecule has 0 radical (unpaired) electrons. The maximum atomic E-state index is 11.1. The van der Waals surface area contributed by atoms with Crippen LogP contribution in [0.4, 0.5) is 0 Å². The molecule has 0 unspecified atom stereocenters. The number of carbonyl (C=O) groups is 1. The molecule has 64 valence electrons. The topological polar surface area (TPSA) is 40.5 Å². The normalized spacial score (nSPS) is 24.2. The summed E-state index contributed by atoms with van der Waals surface area (Å²) in [6.07, 6.45) is 1.88. The molecule has 0 aromatic rings. The van der Waals surface area contributed by atoms with Gasteiger partial charge in [0.05, 0.1) is 12.6 Å². The summed E-state index contributed by atoms with van der Waals surface area (Å²) >= 11 is 5.38. The highest BCUT2D eigenvalue weighted by molar-refractivity contribution is 6.27. The molecule has 1 N–H and O–H groups in total. The van der Waals surface area contributed by atoms with E-state index in [1.165, 1.54) is 0 Å². The minimum Gasteiger partial charge on any atom is -0.394 e. The van der Waals surface area contributed by atoms with E-state index in [-0.39, 0.29) is 24.4 Å². The Morgan fingerprint density at radius 1 is 1.73 bits per heavy atom. The molecule has 0 aromatic carbocycles. The van der Waals surface area contributed by atoms with E-state index < -0.39 is 0 Å². The van der Waals surface area contributed by atoms with Gasteiger partial charge >= 0.3 is 0 Å². The van der Waals surface area contributed by atoms with Crippen LogP contribution >= 0.6 is 11.6 Å². The van der Waals surface area contributed by atoms with Crippen molar-refractivity contribution in [2.75, 3.05) is 19.0 Å². The average Bonchev–Trinajstić information content (AvgIpc) is 2.50. The molecule has 1 aliphatic heterocycles. The number of nitrogens with zero attached hydrogens (tertiary/aromatic N) is 1. The van der Waals surface area contributed by atoms with Crippen molar-refractivity contribution in [1.29, 1.82) is 0 Å². The van der Waals surface area contributed by atoms with Gasteiger partial charge in [-0.1, -0.05) is 0 Å². The molecule has 3 nitrogen and oxygen atoms in total. The van der Waals surface area contributed by atoms with E-state index in [9.17, 15) is 4.79 Å². The number of halogens is 1. The van der Waals surface area contributed by atoms with Crippen molar-refractivity contribution in [3.05, 3.63) is 0 Å². The summed E-state index contributed by atoms with van der Waals surface area (Å²) in [6, 6.07) is 0.0150. The van der Waals surface area contributed by atoms with Crippen molar-refractivity contribution in [3.8, 4) is 0 Å². The Morgan fingerprint density at radius 2 is 2.45 bits per heavy atom. The Morgan fingerprint density at radius 3 is 3.00 bits per heavy atom. The number of likely N-dealkylation sites (tertiary alicyclic amines) is 1. The van der Waals surface area contributed by atoms with Gasteiger partial charge in [0.2, 0.25) is 5.91 Å². The van der Waals surface area contributed by atoms with Crippen LogP contribution in [-0.2, 0) is 4.79 Å². The molecule has 1 amide bonds. The van der Waals surface area contributed by atoms with Gasteiger partial charge in [-0.25, -0.2) is 0 Å². The molecule has 1 saturated heterocycles. The monoisotopic (exact) mass is 177 g/mol. The lowest BCUT2D eigenvalue weighted by atomic mass is 10.2. The van der Waals surface area contributed by atoms with E-state index in [0.29, 0.717) is 0 Å². The van der Waals surface area contributed by atoms with Crippen LogP contribution in [0.15, 0.2) is 0 Å². The van der Waals surface area contributed by atoms with Crippen LogP contribution < -0.4 is 0 Å². The molecule has 0 spiro atoms. The highest BCUT2D eigenvalue weighted by atomic mass is 35.5. The largest absolute Gasteiger partial charge is 0.394 e. The fourth-order valence-corrected chi connectivity index (χ4v) is 1.58. The standard InChI is InChI=1S/C7H12ClNO2/c8-4-7(11)9-3-1-2-6(9)5-10/h6,10H,1-5H2/t6-/m0/s1. The maximum absolute atomic E-state index is 11.1. The summed E-state index contributed by atoms with van der Waals surface area (Å²) in [5.74, 6) is -0.0422. The van der Waals surface area contributed by atoms with Crippen molar-refractivity contribution in [2.24, 2.45) is 0 Å². The van der Waals surface area contributed by atoms with Crippen molar-refractivity contribution in [2.45, 2.75) is 18.9 Å². The molecule has 0 aliphatic carbocycles. The number of rotatable bonds is 2. The summed E-state index contributed by atoms with van der Waals surface area (Å²) < 4.78 is 0. The number of carbonyl (C=O) groups excluding carboxylic acids is 1. The molecule has 1 fully saturated rings. The van der Waals surface area contributed by atoms with Crippen molar-refractivity contribution in [3.63, 3.8) is 0 Å². The van der Waals surface area contributed by atoms with E-state index in [2.05, 4.69) is 0 Å². The summed E-state index contributed by atoms with van der Waals surface area (Å²) in [6.45, 7) is 0.805. The van der Waals surface area contributed by atoms with E-state index in [1.807, 2.05) is 0 Å². The smallest absolute Gasteiger partial charge is 0.237 e. The molecule has 4 heteroatoms. The number of amides is 1. The molecule has 11 heavy (non-hydrogen) atoms. The molecular weight excluding hydrogens is 166 g/mol. The summed E-state index contributed by atoms with van der Waals surface area (Å²) in [7, 11) is 0. The number of aliphatic hydroxyl groups is 1. The Labute approximate surface area is 70.9 Å². The zero-order valence-electron chi connectivity index (χ0n) is 6.29. The first-order chi connectivity index (χ1) is 5.29. The van der Waals surface area contributed by atoms with Gasteiger partial charge in [-0.15, -0.1) is 11.6 Å². The van der Waals surface area contributed by atoms with Gasteiger partial charge in [-0.05, 0) is 12.8 Å². The van der Waals surface area contributed by atoms with Crippen LogP contribution in [0.1, 0.15) is 12.8 Å². The summed E-state index contributed by atoms with van der Waals surface area (Å²) in [4.78, 5) is 12.7. The van der Waals surface area contributed by atoms with Crippen molar-refractivity contribution in [1.82, 2.24) is 4.90 Å². The number of hydrogen-bond acceptors (Lipinski definition) is 2. The van der Waals surface area contributed by atoms with Gasteiger partial charge in [0.15, 0.2) is 0 Å². The van der Waals surface area contributed by atoms with E-state index in [0.717, 1.165) is 19.4 Å². The summed E-state index contributed by atoms with van der Waals surface area (Å²) in [5, 5.41) is 8.84. The predicted octanol–water partition coefficient (Wildman–Crippen LogP) is 0.209. The molecule has 1 heterocycles. The third kappa shape index (κ3) is 1.84. The van der Waals surface area contributed by atoms with Crippen LogP contribution in [0.25, 0.3) is 0 Å². The highest BCUT2D eigenvalue weighted by Gasteiger charge is 2.26.